The first-order chi connectivity index (χ1) is 7.75. The maximum Gasteiger partial charge on any atom is 0.106 e. The van der Waals surface area contributed by atoms with Crippen LogP contribution in [0.3, 0.4) is 0 Å². The van der Waals surface area contributed by atoms with E-state index < -0.39 is 0 Å². The van der Waals surface area contributed by atoms with Crippen molar-refractivity contribution in [2.24, 2.45) is 4.99 Å². The summed E-state index contributed by atoms with van der Waals surface area (Å²) in [4.78, 5) is 6.41. The Morgan fingerprint density at radius 1 is 1.50 bits per heavy atom. The first kappa shape index (κ1) is 13.4. The predicted molar refractivity (Wildman–Crippen MR) is 68.6 cm³/mol. The van der Waals surface area contributed by atoms with Crippen LogP contribution in [0.2, 0.25) is 0 Å². The Balaban J connectivity index is 2.14. The average molecular weight is 224 g/mol. The van der Waals surface area contributed by atoms with E-state index in [0.717, 1.165) is 25.8 Å². The van der Waals surface area contributed by atoms with Crippen molar-refractivity contribution in [3.63, 3.8) is 0 Å². The van der Waals surface area contributed by atoms with E-state index >= 15 is 0 Å². The lowest BCUT2D eigenvalue weighted by atomic mass is 10.1. The molecule has 1 N–H and O–H groups in total. The van der Waals surface area contributed by atoms with E-state index in [-0.39, 0.29) is 12.4 Å². The summed E-state index contributed by atoms with van der Waals surface area (Å²) in [6.45, 7) is 4.79. The van der Waals surface area contributed by atoms with Crippen molar-refractivity contribution in [2.75, 3.05) is 6.54 Å². The number of allylic oxidation sites excluding steroid dienone is 2. The fourth-order valence-electron chi connectivity index (χ4n) is 1.93. The number of aliphatic imine (C=N–C) groups is 1. The third-order valence-electron chi connectivity index (χ3n) is 2.89. The Labute approximate surface area is 98.9 Å². The summed E-state index contributed by atoms with van der Waals surface area (Å²) in [6, 6.07) is 0. The van der Waals surface area contributed by atoms with Gasteiger partial charge in [-0.25, -0.2) is 0 Å². The highest BCUT2D eigenvalue weighted by Crippen LogP contribution is 2.16. The summed E-state index contributed by atoms with van der Waals surface area (Å²) in [6.07, 6.45) is 11.9. The SMILES string of the molecule is CCC/C=C/CCCC1N=CCN1C(C)O. The van der Waals surface area contributed by atoms with Gasteiger partial charge in [-0.3, -0.25) is 9.89 Å². The summed E-state index contributed by atoms with van der Waals surface area (Å²) in [5.41, 5.74) is 0. The fourth-order valence-corrected chi connectivity index (χ4v) is 1.93. The van der Waals surface area contributed by atoms with Crippen LogP contribution in [0.4, 0.5) is 0 Å². The van der Waals surface area contributed by atoms with E-state index in [1.807, 2.05) is 18.0 Å². The molecule has 0 spiro atoms. The van der Waals surface area contributed by atoms with Crippen LogP contribution < -0.4 is 0 Å². The van der Waals surface area contributed by atoms with Crippen LogP contribution in [0.5, 0.6) is 0 Å². The van der Waals surface area contributed by atoms with E-state index in [2.05, 4.69) is 24.1 Å². The van der Waals surface area contributed by atoms with Gasteiger partial charge in [0.2, 0.25) is 0 Å². The van der Waals surface area contributed by atoms with Gasteiger partial charge in [0.15, 0.2) is 0 Å². The van der Waals surface area contributed by atoms with E-state index in [1.165, 1.54) is 12.8 Å². The number of nitrogens with zero attached hydrogens (tertiary/aromatic N) is 2. The van der Waals surface area contributed by atoms with E-state index in [1.54, 1.807) is 0 Å². The van der Waals surface area contributed by atoms with Crippen molar-refractivity contribution in [1.82, 2.24) is 4.90 Å². The number of aliphatic hydroxyl groups excluding tert-OH is 1. The summed E-state index contributed by atoms with van der Waals surface area (Å²) < 4.78 is 0. The summed E-state index contributed by atoms with van der Waals surface area (Å²) in [5.74, 6) is 0. The zero-order chi connectivity index (χ0) is 11.8. The Bertz CT molecular complexity index is 236. The van der Waals surface area contributed by atoms with Crippen molar-refractivity contribution in [2.45, 2.75) is 58.3 Å². The predicted octanol–water partition coefficient (Wildman–Crippen LogP) is 2.56. The number of unbranched alkanes of at least 4 members (excludes halogenated alkanes) is 2. The van der Waals surface area contributed by atoms with Crippen LogP contribution in [0.1, 0.15) is 46.0 Å². The molecule has 0 aromatic heterocycles. The van der Waals surface area contributed by atoms with Gasteiger partial charge in [-0.2, -0.15) is 0 Å². The number of hydrogen-bond donors (Lipinski definition) is 1. The normalized spacial score (nSPS) is 23.3. The average Bonchev–Trinajstić information content (AvgIpc) is 2.71. The molecule has 1 aliphatic heterocycles. The number of hydrogen-bond acceptors (Lipinski definition) is 3. The quantitative estimate of drug-likeness (QED) is 0.533. The molecule has 0 radical (unpaired) electrons. The lowest BCUT2D eigenvalue weighted by Gasteiger charge is -2.25. The van der Waals surface area contributed by atoms with Gasteiger partial charge in [0.05, 0.1) is 0 Å². The van der Waals surface area contributed by atoms with Crippen LogP contribution in [-0.2, 0) is 0 Å². The zero-order valence-electron chi connectivity index (χ0n) is 10.5. The molecule has 1 rings (SSSR count). The monoisotopic (exact) mass is 224 g/mol. The standard InChI is InChI=1S/C13H24N2O/c1-3-4-5-6-7-8-9-13-14-10-11-15(13)12(2)16/h5-6,10,12-13,16H,3-4,7-9,11H2,1-2H3/b6-5+. The van der Waals surface area contributed by atoms with Crippen LogP contribution in [-0.4, -0.2) is 35.2 Å². The molecule has 2 unspecified atom stereocenters. The highest BCUT2D eigenvalue weighted by Gasteiger charge is 2.23. The topological polar surface area (TPSA) is 35.8 Å². The second-order valence-electron chi connectivity index (χ2n) is 4.33. The molecule has 0 saturated heterocycles. The van der Waals surface area contributed by atoms with Gasteiger partial charge >= 0.3 is 0 Å². The molecular formula is C13H24N2O. The molecule has 92 valence electrons. The van der Waals surface area contributed by atoms with Crippen molar-refractivity contribution < 1.29 is 5.11 Å². The molecule has 16 heavy (non-hydrogen) atoms. The Morgan fingerprint density at radius 2 is 2.25 bits per heavy atom. The van der Waals surface area contributed by atoms with E-state index in [9.17, 15) is 5.11 Å². The van der Waals surface area contributed by atoms with Crippen LogP contribution in [0.25, 0.3) is 0 Å². The Kier molecular flexibility index (Phi) is 6.34. The van der Waals surface area contributed by atoms with Gasteiger partial charge in [-0.15, -0.1) is 0 Å². The molecule has 0 bridgehead atoms. The molecule has 0 aromatic rings. The maximum absolute atomic E-state index is 9.53. The first-order valence-corrected chi connectivity index (χ1v) is 6.36. The van der Waals surface area contributed by atoms with Crippen LogP contribution in [0, 0.1) is 0 Å². The zero-order valence-corrected chi connectivity index (χ0v) is 10.5. The molecule has 1 aliphatic rings. The molecule has 2 atom stereocenters. The second kappa shape index (κ2) is 7.58. The summed E-state index contributed by atoms with van der Waals surface area (Å²) in [7, 11) is 0. The van der Waals surface area contributed by atoms with E-state index in [4.69, 9.17) is 0 Å². The molecule has 0 amide bonds. The van der Waals surface area contributed by atoms with Gasteiger partial charge in [0.25, 0.3) is 0 Å². The molecule has 3 nitrogen and oxygen atoms in total. The minimum absolute atomic E-state index is 0.194. The van der Waals surface area contributed by atoms with Gasteiger partial charge in [-0.1, -0.05) is 25.5 Å². The molecule has 1 heterocycles. The molecule has 0 aliphatic carbocycles. The third kappa shape index (κ3) is 4.45. The lowest BCUT2D eigenvalue weighted by molar-refractivity contribution is 0.00732. The van der Waals surface area contributed by atoms with E-state index in [0.29, 0.717) is 0 Å². The van der Waals surface area contributed by atoms with Gasteiger partial charge in [0.1, 0.15) is 12.4 Å². The minimum atomic E-state index is -0.386. The van der Waals surface area contributed by atoms with Gasteiger partial charge in [-0.05, 0) is 32.6 Å². The molecule has 0 fully saturated rings. The van der Waals surface area contributed by atoms with Gasteiger partial charge < -0.3 is 5.11 Å². The largest absolute Gasteiger partial charge is 0.379 e. The smallest absolute Gasteiger partial charge is 0.106 e. The second-order valence-corrected chi connectivity index (χ2v) is 4.33. The molecule has 0 saturated carbocycles. The maximum atomic E-state index is 9.53. The Hall–Kier alpha value is -0.670. The van der Waals surface area contributed by atoms with Crippen molar-refractivity contribution in [1.29, 1.82) is 0 Å². The lowest BCUT2D eigenvalue weighted by Crippen LogP contribution is -2.37. The van der Waals surface area contributed by atoms with Crippen molar-refractivity contribution >= 4 is 6.21 Å². The summed E-state index contributed by atoms with van der Waals surface area (Å²) >= 11 is 0. The molecular weight excluding hydrogens is 200 g/mol. The first-order valence-electron chi connectivity index (χ1n) is 6.36. The minimum Gasteiger partial charge on any atom is -0.379 e. The Morgan fingerprint density at radius 3 is 2.94 bits per heavy atom. The van der Waals surface area contributed by atoms with Crippen LogP contribution >= 0.6 is 0 Å². The molecule has 0 aromatic carbocycles. The molecule has 3 heteroatoms. The fraction of sp³-hybridized carbons (Fsp3) is 0.769. The third-order valence-corrected chi connectivity index (χ3v) is 2.89. The number of aliphatic hydroxyl groups is 1. The number of rotatable bonds is 7. The highest BCUT2D eigenvalue weighted by atomic mass is 16.3. The highest BCUT2D eigenvalue weighted by molar-refractivity contribution is 5.62. The summed E-state index contributed by atoms with van der Waals surface area (Å²) in [5, 5.41) is 9.53. The van der Waals surface area contributed by atoms with Gasteiger partial charge in [0, 0.05) is 12.8 Å². The van der Waals surface area contributed by atoms with Crippen molar-refractivity contribution in [3.8, 4) is 0 Å². The van der Waals surface area contributed by atoms with Crippen molar-refractivity contribution in [3.05, 3.63) is 12.2 Å². The van der Waals surface area contributed by atoms with Crippen LogP contribution in [0.15, 0.2) is 17.1 Å².